The monoisotopic (exact) mass is 305 g/mol. The Morgan fingerprint density at radius 3 is 2.60 bits per heavy atom. The van der Waals surface area contributed by atoms with E-state index in [9.17, 15) is 13.8 Å². The summed E-state index contributed by atoms with van der Waals surface area (Å²) < 4.78 is 34.7. The second-order valence-electron chi connectivity index (χ2n) is 4.49. The van der Waals surface area contributed by atoms with E-state index in [1.165, 1.54) is 0 Å². The van der Waals surface area contributed by atoms with Crippen molar-refractivity contribution in [2.45, 2.75) is 37.3 Å². The topological polar surface area (TPSA) is 111 Å². The average Bonchev–Trinajstić information content (AvgIpc) is 2.94. The molecule has 2 bridgehead atoms. The van der Waals surface area contributed by atoms with Gasteiger partial charge in [0.1, 0.15) is 18.8 Å². The summed E-state index contributed by atoms with van der Waals surface area (Å²) in [6, 6.07) is 0. The van der Waals surface area contributed by atoms with Crippen molar-refractivity contribution < 1.29 is 32.0 Å². The minimum atomic E-state index is -2.33. The van der Waals surface area contributed by atoms with Crippen molar-refractivity contribution in [3.63, 3.8) is 0 Å². The van der Waals surface area contributed by atoms with E-state index >= 15 is 0 Å². The van der Waals surface area contributed by atoms with Gasteiger partial charge >= 0.3 is 17.3 Å². The van der Waals surface area contributed by atoms with E-state index in [0.29, 0.717) is 12.8 Å². The minimum absolute atomic E-state index is 0.237. The summed E-state index contributed by atoms with van der Waals surface area (Å²) in [5.74, 6) is -1.02. The largest absolute Gasteiger partial charge is 0.458 e. The predicted molar refractivity (Wildman–Crippen MR) is 66.6 cm³/mol. The summed E-state index contributed by atoms with van der Waals surface area (Å²) in [6.07, 6.45) is 0.303. The SMILES string of the molecule is C=CC(=O)NCC(=O)OC1CC2OC1CC2OS(=O)O. The molecule has 5 unspecified atom stereocenters. The maximum atomic E-state index is 11.5. The molecule has 20 heavy (non-hydrogen) atoms. The van der Waals surface area contributed by atoms with Crippen LogP contribution in [0.1, 0.15) is 12.8 Å². The fourth-order valence-electron chi connectivity index (χ4n) is 2.35. The van der Waals surface area contributed by atoms with Crippen LogP contribution in [0.25, 0.3) is 0 Å². The van der Waals surface area contributed by atoms with Crippen LogP contribution in [0.3, 0.4) is 0 Å². The molecule has 0 aromatic carbocycles. The number of rotatable bonds is 6. The molecule has 5 atom stereocenters. The van der Waals surface area contributed by atoms with Crippen LogP contribution < -0.4 is 5.32 Å². The van der Waals surface area contributed by atoms with Gasteiger partial charge in [-0.05, 0) is 6.08 Å². The maximum absolute atomic E-state index is 11.5. The lowest BCUT2D eigenvalue weighted by molar-refractivity contribution is -0.151. The fourth-order valence-corrected chi connectivity index (χ4v) is 2.76. The predicted octanol–water partition coefficient (Wildman–Crippen LogP) is -0.716. The van der Waals surface area contributed by atoms with Crippen LogP contribution in [0.5, 0.6) is 0 Å². The van der Waals surface area contributed by atoms with Crippen LogP contribution in [-0.2, 0) is 34.6 Å². The Balaban J connectivity index is 1.75. The molecule has 2 fully saturated rings. The van der Waals surface area contributed by atoms with Crippen LogP contribution in [-0.4, -0.2) is 51.6 Å². The zero-order valence-electron chi connectivity index (χ0n) is 10.5. The van der Waals surface area contributed by atoms with Gasteiger partial charge < -0.3 is 14.8 Å². The van der Waals surface area contributed by atoms with Crippen LogP contribution in [0, 0.1) is 0 Å². The Hall–Kier alpha value is -1.29. The molecule has 2 aliphatic heterocycles. The molecule has 0 aromatic heterocycles. The van der Waals surface area contributed by atoms with Gasteiger partial charge in [-0.2, -0.15) is 4.21 Å². The lowest BCUT2D eigenvalue weighted by atomic mass is 9.95. The summed E-state index contributed by atoms with van der Waals surface area (Å²) in [7, 11) is 0. The number of ether oxygens (including phenoxy) is 2. The summed E-state index contributed by atoms with van der Waals surface area (Å²) >= 11 is -2.33. The van der Waals surface area contributed by atoms with Crippen LogP contribution in [0.2, 0.25) is 0 Å². The number of carbonyl (C=O) groups excluding carboxylic acids is 2. The van der Waals surface area contributed by atoms with Crippen molar-refractivity contribution in [3.05, 3.63) is 12.7 Å². The quantitative estimate of drug-likeness (QED) is 0.378. The van der Waals surface area contributed by atoms with Gasteiger partial charge in [-0.15, -0.1) is 0 Å². The first kappa shape index (κ1) is 15.1. The van der Waals surface area contributed by atoms with Gasteiger partial charge in [0.25, 0.3) is 0 Å². The van der Waals surface area contributed by atoms with E-state index in [0.717, 1.165) is 6.08 Å². The first-order valence-electron chi connectivity index (χ1n) is 6.02. The third-order valence-corrected chi connectivity index (χ3v) is 3.60. The molecule has 9 heteroatoms. The minimum Gasteiger partial charge on any atom is -0.458 e. The normalized spacial score (nSPS) is 32.6. The molecule has 0 saturated carbocycles. The van der Waals surface area contributed by atoms with Gasteiger partial charge in [0.05, 0.1) is 12.2 Å². The first-order chi connectivity index (χ1) is 9.49. The summed E-state index contributed by atoms with van der Waals surface area (Å²) in [4.78, 5) is 22.4. The van der Waals surface area contributed by atoms with Gasteiger partial charge in [0, 0.05) is 12.8 Å². The number of hydrogen-bond acceptors (Lipinski definition) is 6. The number of esters is 1. The summed E-state index contributed by atoms with van der Waals surface area (Å²) in [5, 5.41) is 2.31. The smallest absolute Gasteiger partial charge is 0.325 e. The Morgan fingerprint density at radius 1 is 1.40 bits per heavy atom. The van der Waals surface area contributed by atoms with Crippen molar-refractivity contribution in [2.24, 2.45) is 0 Å². The van der Waals surface area contributed by atoms with Gasteiger partial charge in [0.2, 0.25) is 5.91 Å². The Morgan fingerprint density at radius 2 is 2.05 bits per heavy atom. The van der Waals surface area contributed by atoms with E-state index < -0.39 is 35.4 Å². The Labute approximate surface area is 117 Å². The van der Waals surface area contributed by atoms with Crippen molar-refractivity contribution in [1.82, 2.24) is 5.32 Å². The maximum Gasteiger partial charge on any atom is 0.325 e. The number of amides is 1. The highest BCUT2D eigenvalue weighted by atomic mass is 32.2. The fraction of sp³-hybridized carbons (Fsp3) is 0.636. The van der Waals surface area contributed by atoms with Crippen LogP contribution >= 0.6 is 0 Å². The number of hydrogen-bond donors (Lipinski definition) is 2. The third kappa shape index (κ3) is 3.63. The second kappa shape index (κ2) is 6.44. The lowest BCUT2D eigenvalue weighted by Crippen LogP contribution is -2.38. The van der Waals surface area contributed by atoms with E-state index in [-0.39, 0.29) is 18.8 Å². The molecule has 2 saturated heterocycles. The number of fused-ring (bicyclic) bond motifs is 2. The van der Waals surface area contributed by atoms with Gasteiger partial charge in [0.15, 0.2) is 0 Å². The highest BCUT2D eigenvalue weighted by Crippen LogP contribution is 2.38. The third-order valence-electron chi connectivity index (χ3n) is 3.19. The van der Waals surface area contributed by atoms with Crippen LogP contribution in [0.15, 0.2) is 12.7 Å². The van der Waals surface area contributed by atoms with Gasteiger partial charge in [-0.25, -0.2) is 0 Å². The summed E-state index contributed by atoms with van der Waals surface area (Å²) in [5.41, 5.74) is 0. The number of nitrogens with one attached hydrogen (secondary N) is 1. The highest BCUT2D eigenvalue weighted by Gasteiger charge is 2.50. The molecule has 112 valence electrons. The van der Waals surface area contributed by atoms with Crippen molar-refractivity contribution >= 4 is 23.2 Å². The van der Waals surface area contributed by atoms with Crippen molar-refractivity contribution in [1.29, 1.82) is 0 Å². The molecule has 1 amide bonds. The van der Waals surface area contributed by atoms with Crippen molar-refractivity contribution in [2.75, 3.05) is 6.54 Å². The zero-order chi connectivity index (χ0) is 14.7. The van der Waals surface area contributed by atoms with E-state index in [2.05, 4.69) is 11.9 Å². The van der Waals surface area contributed by atoms with E-state index in [4.69, 9.17) is 18.2 Å². The Kier molecular flexibility index (Phi) is 4.86. The standard InChI is InChI=1S/C11H15NO7S/c1-2-10(13)12-5-11(14)18-7-3-8-9(19-20(15)16)4-6(7)17-8/h2,6-9H,1,3-5H2,(H,12,13)(H,15,16). The molecule has 2 aliphatic rings. The number of carbonyl (C=O) groups is 2. The van der Waals surface area contributed by atoms with Gasteiger partial charge in [-0.3, -0.25) is 18.3 Å². The molecule has 2 heterocycles. The average molecular weight is 305 g/mol. The molecule has 8 nitrogen and oxygen atoms in total. The van der Waals surface area contributed by atoms with Gasteiger partial charge in [-0.1, -0.05) is 6.58 Å². The van der Waals surface area contributed by atoms with E-state index in [1.54, 1.807) is 0 Å². The first-order valence-corrected chi connectivity index (χ1v) is 7.06. The molecular weight excluding hydrogens is 290 g/mol. The molecule has 0 radical (unpaired) electrons. The lowest BCUT2D eigenvalue weighted by Gasteiger charge is -2.23. The molecular formula is C11H15NO7S. The zero-order valence-corrected chi connectivity index (χ0v) is 11.3. The molecule has 2 N–H and O–H groups in total. The second-order valence-corrected chi connectivity index (χ2v) is 5.11. The molecule has 0 spiro atoms. The Bertz CT molecular complexity index is 440. The highest BCUT2D eigenvalue weighted by molar-refractivity contribution is 7.74. The van der Waals surface area contributed by atoms with Crippen LogP contribution in [0.4, 0.5) is 0 Å². The molecule has 2 rings (SSSR count). The molecule has 0 aliphatic carbocycles. The molecule has 0 aromatic rings. The summed E-state index contributed by atoms with van der Waals surface area (Å²) in [6.45, 7) is 3.02. The van der Waals surface area contributed by atoms with Crippen molar-refractivity contribution in [3.8, 4) is 0 Å². The van der Waals surface area contributed by atoms with E-state index in [1.807, 2.05) is 0 Å².